The molecule has 1 aliphatic heterocycles. The highest BCUT2D eigenvalue weighted by molar-refractivity contribution is 9.10. The Morgan fingerprint density at radius 2 is 1.49 bits per heavy atom. The normalized spacial score (nSPS) is 18.4. The summed E-state index contributed by atoms with van der Waals surface area (Å²) in [6, 6.07) is 20.0. The van der Waals surface area contributed by atoms with E-state index >= 15 is 0 Å². The molecule has 1 N–H and O–H groups in total. The van der Waals surface area contributed by atoms with Crippen molar-refractivity contribution in [3.8, 4) is 11.5 Å². The van der Waals surface area contributed by atoms with Crippen LogP contribution in [0.25, 0.3) is 0 Å². The average molecular weight is 754 g/mol. The van der Waals surface area contributed by atoms with Gasteiger partial charge in [0.05, 0.1) is 11.1 Å². The number of hydrogen-bond acceptors (Lipinski definition) is 6. The van der Waals surface area contributed by atoms with Crippen LogP contribution in [0, 0.1) is 24.7 Å². The van der Waals surface area contributed by atoms with Crippen LogP contribution in [0.15, 0.2) is 87.7 Å². The number of carbonyl (C=O) groups is 3. The van der Waals surface area contributed by atoms with Crippen molar-refractivity contribution in [2.24, 2.45) is 10.8 Å². The molecule has 1 heterocycles. The Labute approximate surface area is 310 Å². The first-order chi connectivity index (χ1) is 24.2. The molecule has 2 aliphatic carbocycles. The fourth-order valence-electron chi connectivity index (χ4n) is 7.90. The molecule has 1 amide bonds. The minimum absolute atomic E-state index is 0.0812. The lowest BCUT2D eigenvalue weighted by Gasteiger charge is -2.49. The maximum absolute atomic E-state index is 14.4. The van der Waals surface area contributed by atoms with Gasteiger partial charge in [-0.25, -0.2) is 0 Å². The fourth-order valence-corrected chi connectivity index (χ4v) is 8.48. The molecule has 0 spiro atoms. The zero-order valence-corrected chi connectivity index (χ0v) is 32.5. The molecule has 0 aromatic heterocycles. The summed E-state index contributed by atoms with van der Waals surface area (Å²) in [5.41, 5.74) is 7.89. The van der Waals surface area contributed by atoms with Gasteiger partial charge < -0.3 is 19.7 Å². The minimum atomic E-state index is -0.535. The Hall–Kier alpha value is -4.17. The molecule has 0 fully saturated rings. The second-order valence-electron chi connectivity index (χ2n) is 15.8. The van der Waals surface area contributed by atoms with E-state index in [1.54, 1.807) is 0 Å². The van der Waals surface area contributed by atoms with Gasteiger partial charge in [0.2, 0.25) is 0 Å². The van der Waals surface area contributed by atoms with Crippen LogP contribution in [0.5, 0.6) is 11.5 Å². The third-order valence-electron chi connectivity index (χ3n) is 10.4. The van der Waals surface area contributed by atoms with Crippen LogP contribution in [0.3, 0.4) is 0 Å². The van der Waals surface area contributed by atoms with Crippen molar-refractivity contribution in [1.29, 1.82) is 0 Å². The van der Waals surface area contributed by atoms with Gasteiger partial charge in [0.1, 0.15) is 0 Å². The van der Waals surface area contributed by atoms with E-state index in [0.29, 0.717) is 53.1 Å². The first kappa shape index (κ1) is 36.6. The van der Waals surface area contributed by atoms with E-state index in [9.17, 15) is 14.4 Å². The molecule has 0 saturated carbocycles. The Balaban J connectivity index is 1.41. The summed E-state index contributed by atoms with van der Waals surface area (Å²) in [5.74, 6) is 0.181. The number of nitrogens with zero attached hydrogens (tertiary/aromatic N) is 1. The Bertz CT molecular complexity index is 1890. The summed E-state index contributed by atoms with van der Waals surface area (Å²) in [6.45, 7) is 15.3. The standard InChI is InChI=1S/C43H49BrN2O5/c1-8-50-36-20-29(19-30(44)41(36)51-25-37(49)45-31-16-12-13-26(2)27(31)3)38-39-32(21-42(4,5)23-34(39)47)46(18-17-28-14-10-9-11-15-28)33-22-43(6,7)24-35(48)40(33)38/h9-16,19-20,38H,8,17-18,21-25H2,1-7H3,(H,45,49). The van der Waals surface area contributed by atoms with Crippen LogP contribution < -0.4 is 14.8 Å². The van der Waals surface area contributed by atoms with E-state index in [4.69, 9.17) is 9.47 Å². The molecule has 0 atom stereocenters. The first-order valence-corrected chi connectivity index (χ1v) is 18.8. The van der Waals surface area contributed by atoms with Crippen molar-refractivity contribution >= 4 is 39.1 Å². The molecule has 3 aromatic carbocycles. The van der Waals surface area contributed by atoms with E-state index in [1.165, 1.54) is 5.56 Å². The van der Waals surface area contributed by atoms with E-state index < -0.39 is 5.92 Å². The highest BCUT2D eigenvalue weighted by atomic mass is 79.9. The molecule has 7 nitrogen and oxygen atoms in total. The molecule has 3 aliphatic rings. The average Bonchev–Trinajstić information content (AvgIpc) is 3.04. The summed E-state index contributed by atoms with van der Waals surface area (Å²) in [4.78, 5) is 44.1. The number of amides is 1. The fraction of sp³-hybridized carbons (Fsp3) is 0.419. The molecule has 51 heavy (non-hydrogen) atoms. The molecule has 3 aromatic rings. The smallest absolute Gasteiger partial charge is 0.262 e. The van der Waals surface area contributed by atoms with Crippen molar-refractivity contribution in [1.82, 2.24) is 4.90 Å². The van der Waals surface area contributed by atoms with Crippen molar-refractivity contribution in [3.63, 3.8) is 0 Å². The number of halogens is 1. The monoisotopic (exact) mass is 752 g/mol. The highest BCUT2D eigenvalue weighted by Gasteiger charge is 2.49. The molecule has 8 heteroatoms. The van der Waals surface area contributed by atoms with Crippen molar-refractivity contribution in [3.05, 3.63) is 110 Å². The number of aryl methyl sites for hydroxylation is 1. The van der Waals surface area contributed by atoms with Crippen LogP contribution in [0.4, 0.5) is 5.69 Å². The quantitative estimate of drug-likeness (QED) is 0.222. The molecular weight excluding hydrogens is 704 g/mol. The molecule has 0 saturated heterocycles. The van der Waals surface area contributed by atoms with Crippen molar-refractivity contribution in [2.75, 3.05) is 25.1 Å². The molecular formula is C43H49BrN2O5. The predicted molar refractivity (Wildman–Crippen MR) is 205 cm³/mol. The molecule has 0 bridgehead atoms. The number of ketones is 2. The number of anilines is 1. The highest BCUT2D eigenvalue weighted by Crippen LogP contribution is 2.55. The summed E-state index contributed by atoms with van der Waals surface area (Å²) in [6.07, 6.45) is 3.09. The molecule has 268 valence electrons. The van der Waals surface area contributed by atoms with Gasteiger partial charge in [0.15, 0.2) is 29.7 Å². The second kappa shape index (κ2) is 14.5. The number of benzene rings is 3. The van der Waals surface area contributed by atoms with Gasteiger partial charge >= 0.3 is 0 Å². The van der Waals surface area contributed by atoms with Gasteiger partial charge in [-0.1, -0.05) is 70.2 Å². The molecule has 0 radical (unpaired) electrons. The Kier molecular flexibility index (Phi) is 10.4. The number of rotatable bonds is 10. The molecule has 0 unspecified atom stereocenters. The van der Waals surface area contributed by atoms with Crippen LogP contribution in [-0.4, -0.2) is 42.1 Å². The minimum Gasteiger partial charge on any atom is -0.490 e. The maximum Gasteiger partial charge on any atom is 0.262 e. The van der Waals surface area contributed by atoms with Crippen molar-refractivity contribution < 1.29 is 23.9 Å². The third kappa shape index (κ3) is 7.71. The number of carbonyl (C=O) groups excluding carboxylic acids is 3. The summed E-state index contributed by atoms with van der Waals surface area (Å²) < 4.78 is 12.8. The lowest BCUT2D eigenvalue weighted by atomic mass is 9.63. The lowest BCUT2D eigenvalue weighted by molar-refractivity contribution is -0.120. The van der Waals surface area contributed by atoms with Gasteiger partial charge in [0, 0.05) is 53.5 Å². The van der Waals surface area contributed by atoms with Gasteiger partial charge in [-0.2, -0.15) is 0 Å². The zero-order valence-electron chi connectivity index (χ0n) is 30.9. The van der Waals surface area contributed by atoms with E-state index in [0.717, 1.165) is 53.0 Å². The largest absolute Gasteiger partial charge is 0.490 e. The van der Waals surface area contributed by atoms with E-state index in [-0.39, 0.29) is 34.9 Å². The number of Topliss-reactive ketones (excluding diaryl/α,β-unsaturated/α-hetero) is 2. The van der Waals surface area contributed by atoms with Gasteiger partial charge in [-0.3, -0.25) is 14.4 Å². The van der Waals surface area contributed by atoms with Gasteiger partial charge in [-0.05, 0) is 107 Å². The van der Waals surface area contributed by atoms with Crippen molar-refractivity contribution in [2.45, 2.75) is 86.5 Å². The lowest BCUT2D eigenvalue weighted by Crippen LogP contribution is -2.45. The topological polar surface area (TPSA) is 84.9 Å². The van der Waals surface area contributed by atoms with Crippen LogP contribution in [0.1, 0.15) is 88.5 Å². The predicted octanol–water partition coefficient (Wildman–Crippen LogP) is 9.41. The first-order valence-electron chi connectivity index (χ1n) is 18.0. The zero-order chi connectivity index (χ0) is 36.7. The van der Waals surface area contributed by atoms with Gasteiger partial charge in [-0.15, -0.1) is 0 Å². The van der Waals surface area contributed by atoms with E-state index in [2.05, 4.69) is 78.1 Å². The molecule has 6 rings (SSSR count). The third-order valence-corrected chi connectivity index (χ3v) is 11.0. The number of allylic oxidation sites excluding steroid dienone is 4. The second-order valence-corrected chi connectivity index (χ2v) is 16.6. The Morgan fingerprint density at radius 1 is 0.863 bits per heavy atom. The summed E-state index contributed by atoms with van der Waals surface area (Å²) >= 11 is 3.73. The van der Waals surface area contributed by atoms with E-state index in [1.807, 2.05) is 57.2 Å². The number of ether oxygens (including phenoxy) is 2. The summed E-state index contributed by atoms with van der Waals surface area (Å²) in [5, 5.41) is 2.95. The van der Waals surface area contributed by atoms with Crippen LogP contribution in [-0.2, 0) is 20.8 Å². The van der Waals surface area contributed by atoms with Crippen LogP contribution >= 0.6 is 15.9 Å². The summed E-state index contributed by atoms with van der Waals surface area (Å²) in [7, 11) is 0. The van der Waals surface area contributed by atoms with Gasteiger partial charge in [0.25, 0.3) is 5.91 Å². The number of nitrogens with one attached hydrogen (secondary N) is 1. The van der Waals surface area contributed by atoms with Crippen LogP contribution in [0.2, 0.25) is 0 Å². The number of hydrogen-bond donors (Lipinski definition) is 1. The maximum atomic E-state index is 14.4. The Morgan fingerprint density at radius 3 is 2.10 bits per heavy atom. The SMILES string of the molecule is CCOc1cc(C2C3=C(CC(C)(C)CC3=O)N(CCc3ccccc3)C3=C2C(=O)CC(C)(C)C3)cc(Br)c1OCC(=O)Nc1cccc(C)c1C.